The predicted octanol–water partition coefficient (Wildman–Crippen LogP) is 3.70. The first-order valence-electron chi connectivity index (χ1n) is 7.97. The predicted molar refractivity (Wildman–Crippen MR) is 92.2 cm³/mol. The monoisotopic (exact) mass is 344 g/mol. The topological polar surface area (TPSA) is 32.8 Å². The normalized spacial score (nSPS) is 14.3. The van der Waals surface area contributed by atoms with Gasteiger partial charge in [0.05, 0.1) is 25.4 Å². The first-order chi connectivity index (χ1) is 12.1. The highest BCUT2D eigenvalue weighted by Crippen LogP contribution is 2.25. The summed E-state index contributed by atoms with van der Waals surface area (Å²) < 4.78 is 31.5. The Hall–Kier alpha value is -2.89. The van der Waals surface area contributed by atoms with Crippen LogP contribution in [0, 0.1) is 11.6 Å². The molecule has 0 bridgehead atoms. The van der Waals surface area contributed by atoms with Gasteiger partial charge in [0.15, 0.2) is 0 Å². The van der Waals surface area contributed by atoms with E-state index in [2.05, 4.69) is 0 Å². The molecule has 1 heterocycles. The molecule has 4 nitrogen and oxygen atoms in total. The Kier molecular flexibility index (Phi) is 4.97. The van der Waals surface area contributed by atoms with E-state index in [0.29, 0.717) is 18.8 Å². The van der Waals surface area contributed by atoms with Crippen LogP contribution in [-0.4, -0.2) is 25.8 Å². The van der Waals surface area contributed by atoms with Crippen LogP contribution in [0.15, 0.2) is 60.3 Å². The van der Waals surface area contributed by atoms with Crippen molar-refractivity contribution < 1.29 is 18.3 Å². The zero-order valence-corrected chi connectivity index (χ0v) is 13.8. The number of anilines is 2. The number of carbonyl (C=O) groups is 1. The maximum absolute atomic E-state index is 13.2. The summed E-state index contributed by atoms with van der Waals surface area (Å²) >= 11 is 0. The third-order valence-electron chi connectivity index (χ3n) is 3.88. The smallest absolute Gasteiger partial charge is 0.337 e. The molecule has 0 aromatic heterocycles. The Bertz CT molecular complexity index is 773. The fourth-order valence-electron chi connectivity index (χ4n) is 2.66. The van der Waals surface area contributed by atoms with Gasteiger partial charge in [0.2, 0.25) is 0 Å². The summed E-state index contributed by atoms with van der Waals surface area (Å²) in [6.45, 7) is 2.82. The maximum Gasteiger partial charge on any atom is 0.337 e. The molecule has 0 fully saturated rings. The quantitative estimate of drug-likeness (QED) is 0.792. The summed E-state index contributed by atoms with van der Waals surface area (Å²) in [5, 5.41) is 0. The number of hydrogen-bond donors (Lipinski definition) is 0. The first-order valence-corrected chi connectivity index (χ1v) is 7.97. The van der Waals surface area contributed by atoms with Gasteiger partial charge in [-0.2, -0.15) is 0 Å². The van der Waals surface area contributed by atoms with Crippen molar-refractivity contribution in [3.63, 3.8) is 0 Å². The Morgan fingerprint density at radius 3 is 2.12 bits per heavy atom. The van der Waals surface area contributed by atoms with Gasteiger partial charge in [0, 0.05) is 17.6 Å². The Balaban J connectivity index is 1.92. The summed E-state index contributed by atoms with van der Waals surface area (Å²) in [5.74, 6) is -1.05. The van der Waals surface area contributed by atoms with Crippen LogP contribution in [0.3, 0.4) is 0 Å². The lowest BCUT2D eigenvalue weighted by Gasteiger charge is -2.36. The number of ether oxygens (including phenoxy) is 1. The van der Waals surface area contributed by atoms with E-state index in [-0.39, 0.29) is 18.2 Å². The van der Waals surface area contributed by atoms with Gasteiger partial charge in [-0.3, -0.25) is 0 Å². The molecule has 0 amide bonds. The lowest BCUT2D eigenvalue weighted by molar-refractivity contribution is -0.138. The van der Waals surface area contributed by atoms with Crippen LogP contribution in [0.25, 0.3) is 0 Å². The van der Waals surface area contributed by atoms with Gasteiger partial charge in [-0.25, -0.2) is 13.6 Å². The molecule has 2 aromatic rings. The van der Waals surface area contributed by atoms with E-state index >= 15 is 0 Å². The molecule has 0 saturated carbocycles. The molecule has 3 rings (SSSR count). The lowest BCUT2D eigenvalue weighted by atomic mass is 10.1. The minimum atomic E-state index is -0.401. The molecule has 1 aliphatic rings. The van der Waals surface area contributed by atoms with Crippen LogP contribution in [0.2, 0.25) is 0 Å². The molecule has 130 valence electrons. The largest absolute Gasteiger partial charge is 0.463 e. The summed E-state index contributed by atoms with van der Waals surface area (Å²) in [4.78, 5) is 16.0. The molecule has 0 radical (unpaired) electrons. The van der Waals surface area contributed by atoms with Crippen LogP contribution >= 0.6 is 0 Å². The molecular weight excluding hydrogens is 326 g/mol. The van der Waals surface area contributed by atoms with Crippen molar-refractivity contribution in [2.75, 3.05) is 29.6 Å². The second-order valence-electron chi connectivity index (χ2n) is 5.64. The SMILES string of the molecule is CCOC(=O)C1=CN(c2ccc(F)cc2)CN(c2ccc(F)cc2)C1. The maximum atomic E-state index is 13.2. The molecular formula is C19H18F2N2O2. The lowest BCUT2D eigenvalue weighted by Crippen LogP contribution is -2.42. The fourth-order valence-corrected chi connectivity index (χ4v) is 2.66. The second-order valence-corrected chi connectivity index (χ2v) is 5.64. The van der Waals surface area contributed by atoms with Crippen molar-refractivity contribution >= 4 is 17.3 Å². The molecule has 6 heteroatoms. The van der Waals surface area contributed by atoms with Gasteiger partial charge in [-0.05, 0) is 55.5 Å². The molecule has 0 N–H and O–H groups in total. The van der Waals surface area contributed by atoms with E-state index in [1.807, 2.05) is 9.80 Å². The minimum absolute atomic E-state index is 0.281. The van der Waals surface area contributed by atoms with Crippen LogP contribution < -0.4 is 9.80 Å². The Morgan fingerprint density at radius 2 is 1.56 bits per heavy atom. The van der Waals surface area contributed by atoms with E-state index < -0.39 is 5.97 Å². The highest BCUT2D eigenvalue weighted by Gasteiger charge is 2.24. The number of benzene rings is 2. The third kappa shape index (κ3) is 3.96. The van der Waals surface area contributed by atoms with Crippen molar-refractivity contribution in [3.05, 3.63) is 71.9 Å². The van der Waals surface area contributed by atoms with Gasteiger partial charge in [0.1, 0.15) is 11.6 Å². The number of rotatable bonds is 4. The van der Waals surface area contributed by atoms with Crippen LogP contribution in [0.1, 0.15) is 6.92 Å². The summed E-state index contributed by atoms with van der Waals surface area (Å²) in [5.41, 5.74) is 2.00. The van der Waals surface area contributed by atoms with Gasteiger partial charge in [-0.1, -0.05) is 0 Å². The van der Waals surface area contributed by atoms with Crippen LogP contribution in [0.5, 0.6) is 0 Å². The average Bonchev–Trinajstić information content (AvgIpc) is 2.63. The fraction of sp³-hybridized carbons (Fsp3) is 0.211. The molecule has 0 atom stereocenters. The summed E-state index contributed by atoms with van der Waals surface area (Å²) in [6.07, 6.45) is 1.71. The Labute approximate surface area is 144 Å². The molecule has 0 unspecified atom stereocenters. The van der Waals surface area contributed by atoms with E-state index in [9.17, 15) is 13.6 Å². The van der Waals surface area contributed by atoms with Gasteiger partial charge in [-0.15, -0.1) is 0 Å². The van der Waals surface area contributed by atoms with E-state index in [1.54, 1.807) is 37.4 Å². The molecule has 1 aliphatic heterocycles. The van der Waals surface area contributed by atoms with Crippen LogP contribution in [0.4, 0.5) is 20.2 Å². The second kappa shape index (κ2) is 7.34. The highest BCUT2D eigenvalue weighted by molar-refractivity contribution is 5.90. The Morgan fingerprint density at radius 1 is 1.00 bits per heavy atom. The van der Waals surface area contributed by atoms with Gasteiger partial charge >= 0.3 is 5.97 Å². The third-order valence-corrected chi connectivity index (χ3v) is 3.88. The highest BCUT2D eigenvalue weighted by atomic mass is 19.1. The number of halogens is 2. The van der Waals surface area contributed by atoms with Gasteiger partial charge < -0.3 is 14.5 Å². The zero-order chi connectivity index (χ0) is 17.8. The number of hydrogen-bond acceptors (Lipinski definition) is 4. The molecule has 25 heavy (non-hydrogen) atoms. The van der Waals surface area contributed by atoms with E-state index in [0.717, 1.165) is 11.4 Å². The summed E-state index contributed by atoms with van der Waals surface area (Å²) in [7, 11) is 0. The van der Waals surface area contributed by atoms with Crippen molar-refractivity contribution in [3.8, 4) is 0 Å². The molecule has 2 aromatic carbocycles. The van der Waals surface area contributed by atoms with Crippen LogP contribution in [-0.2, 0) is 9.53 Å². The van der Waals surface area contributed by atoms with Gasteiger partial charge in [0.25, 0.3) is 0 Å². The first kappa shape index (κ1) is 17.0. The van der Waals surface area contributed by atoms with Crippen molar-refractivity contribution in [1.82, 2.24) is 0 Å². The van der Waals surface area contributed by atoms with E-state index in [4.69, 9.17) is 4.74 Å². The number of esters is 1. The number of nitrogens with zero attached hydrogens (tertiary/aromatic N) is 2. The molecule has 0 aliphatic carbocycles. The van der Waals surface area contributed by atoms with Crippen molar-refractivity contribution in [2.45, 2.75) is 6.92 Å². The molecule has 0 saturated heterocycles. The minimum Gasteiger partial charge on any atom is -0.463 e. The van der Waals surface area contributed by atoms with Crippen molar-refractivity contribution in [1.29, 1.82) is 0 Å². The van der Waals surface area contributed by atoms with Crippen molar-refractivity contribution in [2.24, 2.45) is 0 Å². The zero-order valence-electron chi connectivity index (χ0n) is 13.8. The standard InChI is InChI=1S/C19H18F2N2O2/c1-2-25-19(24)14-11-22(17-7-3-15(20)4-8-17)13-23(12-14)18-9-5-16(21)6-10-18/h3-11H,2,12-13H2,1H3. The summed E-state index contributed by atoms with van der Waals surface area (Å²) in [6, 6.07) is 12.1. The van der Waals surface area contributed by atoms with E-state index in [1.165, 1.54) is 24.3 Å². The number of carbonyl (C=O) groups excluding carboxylic acids is 1. The average molecular weight is 344 g/mol. The molecule has 0 spiro atoms.